The fraction of sp³-hybridized carbons (Fsp3) is 0.917. The van der Waals surface area contributed by atoms with Crippen LogP contribution >= 0.6 is 0 Å². The van der Waals surface area contributed by atoms with Gasteiger partial charge >= 0.3 is 0 Å². The molecule has 1 aliphatic heterocycles. The number of ether oxygens (including phenoxy) is 2. The highest BCUT2D eigenvalue weighted by Crippen LogP contribution is 2.29. The van der Waals surface area contributed by atoms with Crippen LogP contribution in [0.15, 0.2) is 0 Å². The van der Waals surface area contributed by atoms with Gasteiger partial charge in [0.25, 0.3) is 0 Å². The van der Waals surface area contributed by atoms with E-state index < -0.39 is 0 Å². The van der Waals surface area contributed by atoms with Crippen LogP contribution in [0.4, 0.5) is 0 Å². The third-order valence-electron chi connectivity index (χ3n) is 3.36. The zero-order valence-corrected chi connectivity index (χ0v) is 9.91. The number of hydrogen-bond donors (Lipinski definition) is 1. The Morgan fingerprint density at radius 3 is 2.81 bits per heavy atom. The summed E-state index contributed by atoms with van der Waals surface area (Å²) in [5, 5.41) is 3.31. The number of nitrogens with one attached hydrogen (secondary N) is 1. The van der Waals surface area contributed by atoms with E-state index in [9.17, 15) is 4.79 Å². The summed E-state index contributed by atoms with van der Waals surface area (Å²) in [6, 6.07) is 0.0199. The average Bonchev–Trinajstić information content (AvgIpc) is 2.81. The van der Waals surface area contributed by atoms with Crippen LogP contribution in [-0.2, 0) is 14.3 Å². The summed E-state index contributed by atoms with van der Waals surface area (Å²) in [5.41, 5.74) is 0. The molecular formula is C12H21NO3. The van der Waals surface area contributed by atoms with Crippen molar-refractivity contribution in [2.45, 2.75) is 44.9 Å². The molecule has 0 aromatic heterocycles. The average molecular weight is 227 g/mol. The van der Waals surface area contributed by atoms with Gasteiger partial charge in [0.05, 0.1) is 19.3 Å². The largest absolute Gasteiger partial charge is 0.350 e. The van der Waals surface area contributed by atoms with Gasteiger partial charge < -0.3 is 14.8 Å². The zero-order valence-electron chi connectivity index (χ0n) is 9.91. The highest BCUT2D eigenvalue weighted by Gasteiger charge is 2.35. The molecule has 4 heteroatoms. The van der Waals surface area contributed by atoms with Crippen molar-refractivity contribution in [1.29, 1.82) is 0 Å². The van der Waals surface area contributed by atoms with E-state index in [1.54, 1.807) is 0 Å². The molecule has 0 radical (unpaired) electrons. The normalized spacial score (nSPS) is 32.2. The van der Waals surface area contributed by atoms with Gasteiger partial charge in [-0.1, -0.05) is 6.92 Å². The second kappa shape index (κ2) is 5.75. The van der Waals surface area contributed by atoms with Gasteiger partial charge in [0.15, 0.2) is 6.29 Å². The van der Waals surface area contributed by atoms with E-state index in [2.05, 4.69) is 12.2 Å². The molecule has 1 aliphatic carbocycles. The van der Waals surface area contributed by atoms with Gasteiger partial charge in [0, 0.05) is 12.3 Å². The molecule has 16 heavy (non-hydrogen) atoms. The van der Waals surface area contributed by atoms with E-state index in [0.717, 1.165) is 25.8 Å². The molecule has 92 valence electrons. The predicted molar refractivity (Wildman–Crippen MR) is 60.1 cm³/mol. The minimum absolute atomic E-state index is 0.0199. The lowest BCUT2D eigenvalue weighted by Gasteiger charge is -2.31. The summed E-state index contributed by atoms with van der Waals surface area (Å²) in [7, 11) is 0. The van der Waals surface area contributed by atoms with Crippen LogP contribution in [0.25, 0.3) is 0 Å². The molecule has 2 rings (SSSR count). The Morgan fingerprint density at radius 2 is 2.12 bits per heavy atom. The molecule has 2 aliphatic rings. The van der Waals surface area contributed by atoms with Gasteiger partial charge in [0.1, 0.15) is 5.78 Å². The molecule has 1 heterocycles. The lowest BCUT2D eigenvalue weighted by molar-refractivity contribution is -0.130. The molecule has 1 saturated heterocycles. The van der Waals surface area contributed by atoms with Crippen molar-refractivity contribution in [3.63, 3.8) is 0 Å². The van der Waals surface area contributed by atoms with Crippen molar-refractivity contribution < 1.29 is 14.3 Å². The van der Waals surface area contributed by atoms with Crippen LogP contribution in [-0.4, -0.2) is 37.9 Å². The quantitative estimate of drug-likeness (QED) is 0.781. The van der Waals surface area contributed by atoms with Crippen molar-refractivity contribution in [3.05, 3.63) is 0 Å². The Bertz CT molecular complexity index is 238. The molecule has 0 spiro atoms. The molecule has 0 bridgehead atoms. The maximum absolute atomic E-state index is 11.7. The van der Waals surface area contributed by atoms with E-state index >= 15 is 0 Å². The zero-order chi connectivity index (χ0) is 11.4. The summed E-state index contributed by atoms with van der Waals surface area (Å²) < 4.78 is 11.0. The van der Waals surface area contributed by atoms with Crippen molar-refractivity contribution >= 4 is 5.78 Å². The maximum atomic E-state index is 11.7. The number of hydrogen-bond acceptors (Lipinski definition) is 4. The Labute approximate surface area is 96.7 Å². The molecule has 0 amide bonds. The molecule has 0 aromatic rings. The predicted octanol–water partition coefficient (Wildman–Crippen LogP) is 1.10. The van der Waals surface area contributed by atoms with Crippen LogP contribution in [0.2, 0.25) is 0 Å². The summed E-state index contributed by atoms with van der Waals surface area (Å²) >= 11 is 0. The summed E-state index contributed by atoms with van der Waals surface area (Å²) in [6.07, 6.45) is 3.43. The van der Waals surface area contributed by atoms with Crippen LogP contribution < -0.4 is 5.32 Å². The van der Waals surface area contributed by atoms with E-state index in [-0.39, 0.29) is 12.3 Å². The third-order valence-corrected chi connectivity index (χ3v) is 3.36. The van der Waals surface area contributed by atoms with Crippen molar-refractivity contribution in [1.82, 2.24) is 5.32 Å². The highest BCUT2D eigenvalue weighted by molar-refractivity contribution is 5.84. The first-order valence-electron chi connectivity index (χ1n) is 6.30. The third kappa shape index (κ3) is 2.81. The standard InChI is InChI=1S/C12H21NO3/c1-2-5-13-10-8-9(3-4-11(10)14)12-15-6-7-16-12/h9-10,12-13H,2-8H2,1H3. The second-order valence-electron chi connectivity index (χ2n) is 4.62. The maximum Gasteiger partial charge on any atom is 0.160 e. The van der Waals surface area contributed by atoms with E-state index in [0.29, 0.717) is 31.3 Å². The number of rotatable bonds is 4. The summed E-state index contributed by atoms with van der Waals surface area (Å²) in [6.45, 7) is 4.42. The number of ketones is 1. The van der Waals surface area contributed by atoms with Gasteiger partial charge in [-0.05, 0) is 25.8 Å². The molecule has 4 nitrogen and oxygen atoms in total. The molecule has 1 saturated carbocycles. The molecule has 2 fully saturated rings. The number of carbonyl (C=O) groups excluding carboxylic acids is 1. The van der Waals surface area contributed by atoms with Crippen molar-refractivity contribution in [2.75, 3.05) is 19.8 Å². The molecule has 2 atom stereocenters. The number of Topliss-reactive ketones (excluding diaryl/α,β-unsaturated/α-hetero) is 1. The van der Waals surface area contributed by atoms with Crippen LogP contribution in [0, 0.1) is 5.92 Å². The topological polar surface area (TPSA) is 47.6 Å². The van der Waals surface area contributed by atoms with Gasteiger partial charge in [-0.15, -0.1) is 0 Å². The summed E-state index contributed by atoms with van der Waals surface area (Å²) in [4.78, 5) is 11.7. The Kier molecular flexibility index (Phi) is 4.32. The minimum Gasteiger partial charge on any atom is -0.350 e. The van der Waals surface area contributed by atoms with E-state index in [1.807, 2.05) is 0 Å². The van der Waals surface area contributed by atoms with Gasteiger partial charge in [-0.2, -0.15) is 0 Å². The first kappa shape index (κ1) is 12.0. The van der Waals surface area contributed by atoms with Crippen LogP contribution in [0.3, 0.4) is 0 Å². The van der Waals surface area contributed by atoms with E-state index in [1.165, 1.54) is 0 Å². The second-order valence-corrected chi connectivity index (χ2v) is 4.62. The van der Waals surface area contributed by atoms with Gasteiger partial charge in [0.2, 0.25) is 0 Å². The first-order chi connectivity index (χ1) is 7.81. The fourth-order valence-electron chi connectivity index (χ4n) is 2.47. The SMILES string of the molecule is CCCNC1CC(C2OCCO2)CCC1=O. The first-order valence-corrected chi connectivity index (χ1v) is 6.30. The molecular weight excluding hydrogens is 206 g/mol. The Balaban J connectivity index is 1.85. The van der Waals surface area contributed by atoms with Gasteiger partial charge in [-0.3, -0.25) is 4.79 Å². The molecule has 0 aromatic carbocycles. The minimum atomic E-state index is -0.0703. The summed E-state index contributed by atoms with van der Waals surface area (Å²) in [5.74, 6) is 0.734. The van der Waals surface area contributed by atoms with Crippen LogP contribution in [0.5, 0.6) is 0 Å². The Morgan fingerprint density at radius 1 is 1.38 bits per heavy atom. The van der Waals surface area contributed by atoms with Gasteiger partial charge in [-0.25, -0.2) is 0 Å². The lowest BCUT2D eigenvalue weighted by atomic mass is 9.84. The smallest absolute Gasteiger partial charge is 0.160 e. The molecule has 1 N–H and O–H groups in total. The lowest BCUT2D eigenvalue weighted by Crippen LogP contribution is -2.44. The van der Waals surface area contributed by atoms with Crippen molar-refractivity contribution in [3.8, 4) is 0 Å². The Hall–Kier alpha value is -0.450. The van der Waals surface area contributed by atoms with Crippen molar-refractivity contribution in [2.24, 2.45) is 5.92 Å². The fourth-order valence-corrected chi connectivity index (χ4v) is 2.47. The highest BCUT2D eigenvalue weighted by atomic mass is 16.7. The number of carbonyl (C=O) groups is 1. The monoisotopic (exact) mass is 227 g/mol. The van der Waals surface area contributed by atoms with Crippen LogP contribution in [0.1, 0.15) is 32.6 Å². The molecule has 2 unspecified atom stereocenters. The van der Waals surface area contributed by atoms with E-state index in [4.69, 9.17) is 9.47 Å².